The van der Waals surface area contributed by atoms with E-state index in [1.807, 2.05) is 11.8 Å². The molecule has 5 heteroatoms. The Morgan fingerprint density at radius 3 is 3.13 bits per heavy atom. The number of nitrogens with zero attached hydrogens (tertiary/aromatic N) is 2. The van der Waals surface area contributed by atoms with Gasteiger partial charge in [0.15, 0.2) is 0 Å². The Balaban J connectivity index is 1.94. The SMILES string of the molecule is CC(=O)c1noc(CC2CCCSC2)n1. The summed E-state index contributed by atoms with van der Waals surface area (Å²) in [6.07, 6.45) is 3.31. The van der Waals surface area contributed by atoms with Gasteiger partial charge < -0.3 is 4.52 Å². The largest absolute Gasteiger partial charge is 0.339 e. The van der Waals surface area contributed by atoms with E-state index in [1.54, 1.807) is 0 Å². The number of Topliss-reactive ketones (excluding diaryl/α,β-unsaturated/α-hetero) is 1. The van der Waals surface area contributed by atoms with Gasteiger partial charge in [-0.1, -0.05) is 5.16 Å². The second kappa shape index (κ2) is 4.79. The van der Waals surface area contributed by atoms with E-state index in [0.717, 1.165) is 12.2 Å². The molecular formula is C10H14N2O2S. The monoisotopic (exact) mass is 226 g/mol. The zero-order chi connectivity index (χ0) is 10.7. The summed E-state index contributed by atoms with van der Waals surface area (Å²) in [6.45, 7) is 1.45. The number of ketones is 1. The molecule has 0 aromatic carbocycles. The fourth-order valence-electron chi connectivity index (χ4n) is 1.70. The summed E-state index contributed by atoms with van der Waals surface area (Å²) in [7, 11) is 0. The number of rotatable bonds is 3. The van der Waals surface area contributed by atoms with Crippen LogP contribution in [0.1, 0.15) is 36.3 Å². The van der Waals surface area contributed by atoms with Crippen LogP contribution in [0.15, 0.2) is 4.52 Å². The number of carbonyl (C=O) groups is 1. The summed E-state index contributed by atoms with van der Waals surface area (Å²) in [5.41, 5.74) is 0. The highest BCUT2D eigenvalue weighted by molar-refractivity contribution is 7.99. The van der Waals surface area contributed by atoms with Crippen molar-refractivity contribution >= 4 is 17.5 Å². The average Bonchev–Trinajstić information content (AvgIpc) is 2.68. The smallest absolute Gasteiger partial charge is 0.238 e. The van der Waals surface area contributed by atoms with E-state index in [-0.39, 0.29) is 11.6 Å². The molecule has 0 spiro atoms. The molecule has 2 heterocycles. The molecule has 4 nitrogen and oxygen atoms in total. The second-order valence-corrected chi connectivity index (χ2v) is 5.01. The summed E-state index contributed by atoms with van der Waals surface area (Å²) < 4.78 is 5.04. The number of hydrogen-bond donors (Lipinski definition) is 0. The van der Waals surface area contributed by atoms with Crippen molar-refractivity contribution in [1.29, 1.82) is 0 Å². The maximum absolute atomic E-state index is 11.0. The molecule has 2 rings (SSSR count). The number of carbonyl (C=O) groups excluding carboxylic acids is 1. The standard InChI is InChI=1S/C10H14N2O2S/c1-7(13)10-11-9(14-12-10)5-8-3-2-4-15-6-8/h8H,2-6H2,1H3. The van der Waals surface area contributed by atoms with Crippen molar-refractivity contribution in [3.63, 3.8) is 0 Å². The van der Waals surface area contributed by atoms with Crippen molar-refractivity contribution in [2.45, 2.75) is 26.2 Å². The summed E-state index contributed by atoms with van der Waals surface area (Å²) in [4.78, 5) is 15.0. The highest BCUT2D eigenvalue weighted by Crippen LogP contribution is 2.25. The molecule has 0 amide bonds. The van der Waals surface area contributed by atoms with Crippen LogP contribution in [0.25, 0.3) is 0 Å². The lowest BCUT2D eigenvalue weighted by atomic mass is 10.0. The molecule has 1 aromatic heterocycles. The number of hydrogen-bond acceptors (Lipinski definition) is 5. The quantitative estimate of drug-likeness (QED) is 0.737. The lowest BCUT2D eigenvalue weighted by Crippen LogP contribution is -2.13. The van der Waals surface area contributed by atoms with Gasteiger partial charge in [0.1, 0.15) is 0 Å². The van der Waals surface area contributed by atoms with Gasteiger partial charge in [-0.05, 0) is 30.3 Å². The molecule has 0 saturated carbocycles. The average molecular weight is 226 g/mol. The van der Waals surface area contributed by atoms with Crippen molar-refractivity contribution in [3.8, 4) is 0 Å². The third-order valence-corrected chi connectivity index (χ3v) is 3.79. The molecule has 1 atom stereocenters. The Labute approximate surface area is 92.8 Å². The normalized spacial score (nSPS) is 21.5. The zero-order valence-electron chi connectivity index (χ0n) is 8.73. The van der Waals surface area contributed by atoms with Crippen molar-refractivity contribution in [2.24, 2.45) is 5.92 Å². The maximum atomic E-state index is 11.0. The Morgan fingerprint density at radius 2 is 2.53 bits per heavy atom. The Hall–Kier alpha value is -0.840. The fourth-order valence-corrected chi connectivity index (χ4v) is 2.85. The van der Waals surface area contributed by atoms with E-state index < -0.39 is 0 Å². The second-order valence-electron chi connectivity index (χ2n) is 3.86. The third-order valence-electron chi connectivity index (χ3n) is 2.50. The number of aromatic nitrogens is 2. The van der Waals surface area contributed by atoms with E-state index in [1.165, 1.54) is 25.5 Å². The molecule has 0 bridgehead atoms. The minimum Gasteiger partial charge on any atom is -0.339 e. The topological polar surface area (TPSA) is 56.0 Å². The molecule has 0 radical (unpaired) electrons. The van der Waals surface area contributed by atoms with Crippen LogP contribution < -0.4 is 0 Å². The van der Waals surface area contributed by atoms with Crippen molar-refractivity contribution in [3.05, 3.63) is 11.7 Å². The summed E-state index contributed by atoms with van der Waals surface area (Å²) in [5, 5.41) is 3.64. The highest BCUT2D eigenvalue weighted by Gasteiger charge is 2.18. The van der Waals surface area contributed by atoms with Crippen LogP contribution in [0.5, 0.6) is 0 Å². The van der Waals surface area contributed by atoms with Gasteiger partial charge in [0.25, 0.3) is 0 Å². The van der Waals surface area contributed by atoms with Crippen molar-refractivity contribution < 1.29 is 9.32 Å². The number of thioether (sulfide) groups is 1. The minimum atomic E-state index is -0.136. The first kappa shape index (κ1) is 10.7. The van der Waals surface area contributed by atoms with Gasteiger partial charge in [-0.2, -0.15) is 16.7 Å². The molecule has 0 aliphatic carbocycles. The lowest BCUT2D eigenvalue weighted by molar-refractivity contribution is 0.100. The lowest BCUT2D eigenvalue weighted by Gasteiger charge is -2.18. The van der Waals surface area contributed by atoms with Gasteiger partial charge in [-0.25, -0.2) is 0 Å². The van der Waals surface area contributed by atoms with Crippen LogP contribution in [0.2, 0.25) is 0 Å². The summed E-state index contributed by atoms with van der Waals surface area (Å²) in [5.74, 6) is 3.73. The van der Waals surface area contributed by atoms with Crippen LogP contribution in [0.3, 0.4) is 0 Å². The van der Waals surface area contributed by atoms with Crippen LogP contribution >= 0.6 is 11.8 Å². The molecule has 1 unspecified atom stereocenters. The first-order valence-corrected chi connectivity index (χ1v) is 6.32. The summed E-state index contributed by atoms with van der Waals surface area (Å²) >= 11 is 1.98. The first-order valence-electron chi connectivity index (χ1n) is 5.17. The van der Waals surface area contributed by atoms with Gasteiger partial charge in [0.2, 0.25) is 17.5 Å². The van der Waals surface area contributed by atoms with Gasteiger partial charge in [0.05, 0.1) is 0 Å². The Bertz CT molecular complexity index is 345. The first-order chi connectivity index (χ1) is 7.25. The van der Waals surface area contributed by atoms with Crippen molar-refractivity contribution in [2.75, 3.05) is 11.5 Å². The van der Waals surface area contributed by atoms with Crippen LogP contribution in [0.4, 0.5) is 0 Å². The van der Waals surface area contributed by atoms with Gasteiger partial charge >= 0.3 is 0 Å². The molecule has 1 aliphatic rings. The third kappa shape index (κ3) is 2.81. The molecule has 82 valence electrons. The Kier molecular flexibility index (Phi) is 3.41. The molecule has 1 saturated heterocycles. The molecule has 1 aromatic rings. The molecule has 1 fully saturated rings. The van der Waals surface area contributed by atoms with Gasteiger partial charge in [-0.3, -0.25) is 4.79 Å². The van der Waals surface area contributed by atoms with Crippen LogP contribution in [-0.4, -0.2) is 27.4 Å². The molecule has 0 N–H and O–H groups in total. The van der Waals surface area contributed by atoms with E-state index in [9.17, 15) is 4.79 Å². The fraction of sp³-hybridized carbons (Fsp3) is 0.700. The van der Waals surface area contributed by atoms with Crippen molar-refractivity contribution in [1.82, 2.24) is 10.1 Å². The predicted molar refractivity (Wildman–Crippen MR) is 58.1 cm³/mol. The zero-order valence-corrected chi connectivity index (χ0v) is 9.55. The van der Waals surface area contributed by atoms with E-state index in [2.05, 4.69) is 10.1 Å². The van der Waals surface area contributed by atoms with E-state index in [4.69, 9.17) is 4.52 Å². The van der Waals surface area contributed by atoms with E-state index in [0.29, 0.717) is 11.8 Å². The highest BCUT2D eigenvalue weighted by atomic mass is 32.2. The van der Waals surface area contributed by atoms with Crippen LogP contribution in [0, 0.1) is 5.92 Å². The maximum Gasteiger partial charge on any atom is 0.238 e. The molecule has 1 aliphatic heterocycles. The molecular weight excluding hydrogens is 212 g/mol. The predicted octanol–water partition coefficient (Wildman–Crippen LogP) is 1.96. The summed E-state index contributed by atoms with van der Waals surface area (Å²) in [6, 6.07) is 0. The minimum absolute atomic E-state index is 0.136. The van der Waals surface area contributed by atoms with Gasteiger partial charge in [0, 0.05) is 13.3 Å². The Morgan fingerprint density at radius 1 is 1.67 bits per heavy atom. The molecule has 15 heavy (non-hydrogen) atoms. The van der Waals surface area contributed by atoms with Gasteiger partial charge in [-0.15, -0.1) is 0 Å². The van der Waals surface area contributed by atoms with E-state index >= 15 is 0 Å². The van der Waals surface area contributed by atoms with Crippen LogP contribution in [-0.2, 0) is 6.42 Å².